The van der Waals surface area contributed by atoms with Gasteiger partial charge in [0, 0.05) is 10.9 Å². The van der Waals surface area contributed by atoms with E-state index in [0.29, 0.717) is 0 Å². The monoisotopic (exact) mass is 251 g/mol. The largest absolute Gasteiger partial charge is 0.497 e. The predicted molar refractivity (Wildman–Crippen MR) is 74.0 cm³/mol. The second-order valence-corrected chi connectivity index (χ2v) is 5.63. The molecule has 1 aromatic rings. The standard InChI is InChI=1S/C14H21NOS/c1-16-13-5-7-14(8-6-13)17-11-9-12-4-2-3-10-15-12/h5-8,12,15H,2-4,9-11H2,1H3/t12-/m1/s1. The maximum atomic E-state index is 5.15. The van der Waals surface area contributed by atoms with Crippen molar-refractivity contribution in [3.8, 4) is 5.75 Å². The van der Waals surface area contributed by atoms with Crippen LogP contribution in [0.2, 0.25) is 0 Å². The molecule has 1 heterocycles. The number of methoxy groups -OCH3 is 1. The zero-order valence-corrected chi connectivity index (χ0v) is 11.3. The molecule has 3 heteroatoms. The van der Waals surface area contributed by atoms with Crippen molar-refractivity contribution in [2.45, 2.75) is 36.6 Å². The van der Waals surface area contributed by atoms with Crippen LogP contribution in [0.3, 0.4) is 0 Å². The summed E-state index contributed by atoms with van der Waals surface area (Å²) in [7, 11) is 1.71. The Kier molecular flexibility index (Phi) is 5.20. The quantitative estimate of drug-likeness (QED) is 0.811. The minimum absolute atomic E-state index is 0.745. The molecule has 0 saturated carbocycles. The maximum Gasteiger partial charge on any atom is 0.118 e. The summed E-state index contributed by atoms with van der Waals surface area (Å²) in [5.74, 6) is 2.13. The highest BCUT2D eigenvalue weighted by atomic mass is 32.2. The summed E-state index contributed by atoms with van der Waals surface area (Å²) < 4.78 is 5.15. The van der Waals surface area contributed by atoms with Gasteiger partial charge in [-0.25, -0.2) is 0 Å². The minimum Gasteiger partial charge on any atom is -0.497 e. The van der Waals surface area contributed by atoms with E-state index < -0.39 is 0 Å². The average Bonchev–Trinajstić information content (AvgIpc) is 2.41. The van der Waals surface area contributed by atoms with Gasteiger partial charge in [0.1, 0.15) is 5.75 Å². The second kappa shape index (κ2) is 6.92. The second-order valence-electron chi connectivity index (χ2n) is 4.46. The number of thioether (sulfide) groups is 1. The molecule has 0 radical (unpaired) electrons. The summed E-state index contributed by atoms with van der Waals surface area (Å²) >= 11 is 1.94. The first-order chi connectivity index (χ1) is 8.38. The fraction of sp³-hybridized carbons (Fsp3) is 0.571. The lowest BCUT2D eigenvalue weighted by atomic mass is 10.0. The van der Waals surface area contributed by atoms with E-state index in [-0.39, 0.29) is 0 Å². The van der Waals surface area contributed by atoms with Gasteiger partial charge in [0.2, 0.25) is 0 Å². The van der Waals surface area contributed by atoms with Crippen LogP contribution in [0.4, 0.5) is 0 Å². The molecule has 2 nitrogen and oxygen atoms in total. The van der Waals surface area contributed by atoms with E-state index in [4.69, 9.17) is 4.74 Å². The average molecular weight is 251 g/mol. The smallest absolute Gasteiger partial charge is 0.118 e. The van der Waals surface area contributed by atoms with Crippen LogP contribution in [0.1, 0.15) is 25.7 Å². The van der Waals surface area contributed by atoms with Gasteiger partial charge in [-0.3, -0.25) is 0 Å². The summed E-state index contributed by atoms with van der Waals surface area (Å²) in [4.78, 5) is 1.33. The van der Waals surface area contributed by atoms with Crippen molar-refractivity contribution in [1.29, 1.82) is 0 Å². The van der Waals surface area contributed by atoms with Gasteiger partial charge in [-0.05, 0) is 55.8 Å². The third-order valence-electron chi connectivity index (χ3n) is 3.21. The summed E-state index contributed by atoms with van der Waals surface area (Å²) in [6.07, 6.45) is 5.37. The van der Waals surface area contributed by atoms with Gasteiger partial charge in [-0.1, -0.05) is 6.42 Å². The van der Waals surface area contributed by atoms with Crippen LogP contribution >= 0.6 is 11.8 Å². The molecule has 1 N–H and O–H groups in total. The maximum absolute atomic E-state index is 5.15. The molecule has 1 fully saturated rings. The minimum atomic E-state index is 0.745. The molecule has 0 spiro atoms. The zero-order chi connectivity index (χ0) is 11.9. The Morgan fingerprint density at radius 2 is 2.12 bits per heavy atom. The molecule has 0 amide bonds. The lowest BCUT2D eigenvalue weighted by molar-refractivity contribution is 0.395. The molecule has 0 aromatic heterocycles. The molecular weight excluding hydrogens is 230 g/mol. The number of rotatable bonds is 5. The summed E-state index contributed by atoms with van der Waals surface area (Å²) in [6, 6.07) is 9.08. The number of piperidine rings is 1. The Morgan fingerprint density at radius 3 is 2.76 bits per heavy atom. The van der Waals surface area contributed by atoms with E-state index >= 15 is 0 Å². The molecule has 1 atom stereocenters. The third-order valence-corrected chi connectivity index (χ3v) is 4.25. The van der Waals surface area contributed by atoms with Crippen LogP contribution in [0.25, 0.3) is 0 Å². The van der Waals surface area contributed by atoms with Crippen LogP contribution in [-0.4, -0.2) is 25.4 Å². The molecule has 0 bridgehead atoms. The fourth-order valence-corrected chi connectivity index (χ4v) is 3.13. The van der Waals surface area contributed by atoms with Crippen molar-refractivity contribution in [3.63, 3.8) is 0 Å². The normalized spacial score (nSPS) is 20.2. The van der Waals surface area contributed by atoms with Gasteiger partial charge in [-0.2, -0.15) is 0 Å². The summed E-state index contributed by atoms with van der Waals surface area (Å²) in [6.45, 7) is 1.21. The summed E-state index contributed by atoms with van der Waals surface area (Å²) in [5, 5.41) is 3.59. The lowest BCUT2D eigenvalue weighted by Gasteiger charge is -2.23. The van der Waals surface area contributed by atoms with E-state index in [9.17, 15) is 0 Å². The first-order valence-corrected chi connectivity index (χ1v) is 7.37. The van der Waals surface area contributed by atoms with Gasteiger partial charge in [-0.15, -0.1) is 11.8 Å². The molecule has 1 aromatic carbocycles. The molecule has 0 aliphatic carbocycles. The Labute approximate surface area is 108 Å². The third kappa shape index (κ3) is 4.25. The Bertz CT molecular complexity index is 319. The van der Waals surface area contributed by atoms with Crippen LogP contribution in [0.5, 0.6) is 5.75 Å². The fourth-order valence-electron chi connectivity index (χ4n) is 2.16. The van der Waals surface area contributed by atoms with Gasteiger partial charge < -0.3 is 10.1 Å². The number of hydrogen-bond donors (Lipinski definition) is 1. The van der Waals surface area contributed by atoms with Crippen LogP contribution in [0.15, 0.2) is 29.2 Å². The topological polar surface area (TPSA) is 21.3 Å². The van der Waals surface area contributed by atoms with Crippen molar-refractivity contribution in [2.24, 2.45) is 0 Å². The number of ether oxygens (including phenoxy) is 1. The summed E-state index contributed by atoms with van der Waals surface area (Å²) in [5.41, 5.74) is 0. The molecule has 17 heavy (non-hydrogen) atoms. The first-order valence-electron chi connectivity index (χ1n) is 6.39. The number of benzene rings is 1. The first kappa shape index (κ1) is 12.8. The Balaban J connectivity index is 1.69. The molecule has 94 valence electrons. The zero-order valence-electron chi connectivity index (χ0n) is 10.4. The Hall–Kier alpha value is -0.670. The Morgan fingerprint density at radius 1 is 1.29 bits per heavy atom. The van der Waals surface area contributed by atoms with Crippen molar-refractivity contribution < 1.29 is 4.74 Å². The van der Waals surface area contributed by atoms with Gasteiger partial charge in [0.05, 0.1) is 7.11 Å². The highest BCUT2D eigenvalue weighted by Gasteiger charge is 2.11. The van der Waals surface area contributed by atoms with Gasteiger partial charge in [0.25, 0.3) is 0 Å². The SMILES string of the molecule is COc1ccc(SCC[C@H]2CCCCN2)cc1. The van der Waals surface area contributed by atoms with Gasteiger partial charge in [0.15, 0.2) is 0 Å². The van der Waals surface area contributed by atoms with E-state index in [1.165, 1.54) is 42.9 Å². The van der Waals surface area contributed by atoms with E-state index in [1.807, 2.05) is 23.9 Å². The van der Waals surface area contributed by atoms with Crippen LogP contribution < -0.4 is 10.1 Å². The van der Waals surface area contributed by atoms with E-state index in [0.717, 1.165) is 11.8 Å². The van der Waals surface area contributed by atoms with Crippen molar-refractivity contribution in [2.75, 3.05) is 19.4 Å². The molecule has 2 rings (SSSR count). The van der Waals surface area contributed by atoms with Crippen molar-refractivity contribution in [3.05, 3.63) is 24.3 Å². The lowest BCUT2D eigenvalue weighted by Crippen LogP contribution is -2.34. The number of nitrogens with one attached hydrogen (secondary N) is 1. The van der Waals surface area contributed by atoms with Crippen LogP contribution in [0, 0.1) is 0 Å². The molecule has 1 aliphatic rings. The number of hydrogen-bond acceptors (Lipinski definition) is 3. The molecule has 1 aliphatic heterocycles. The predicted octanol–water partition coefficient (Wildman–Crippen LogP) is 3.32. The van der Waals surface area contributed by atoms with E-state index in [2.05, 4.69) is 17.4 Å². The molecule has 1 saturated heterocycles. The molecular formula is C14H21NOS. The van der Waals surface area contributed by atoms with E-state index in [1.54, 1.807) is 7.11 Å². The van der Waals surface area contributed by atoms with Crippen molar-refractivity contribution in [1.82, 2.24) is 5.32 Å². The van der Waals surface area contributed by atoms with Gasteiger partial charge >= 0.3 is 0 Å². The highest BCUT2D eigenvalue weighted by molar-refractivity contribution is 7.99. The highest BCUT2D eigenvalue weighted by Crippen LogP contribution is 2.23. The van der Waals surface area contributed by atoms with Crippen LogP contribution in [-0.2, 0) is 0 Å². The molecule has 0 unspecified atom stereocenters. The van der Waals surface area contributed by atoms with Crippen molar-refractivity contribution >= 4 is 11.8 Å².